The Morgan fingerprint density at radius 1 is 1.56 bits per heavy atom. The number of nitrogen functional groups attached to an aromatic ring is 1. The second-order valence-corrected chi connectivity index (χ2v) is 4.08. The fourth-order valence-electron chi connectivity index (χ4n) is 1.75. The van der Waals surface area contributed by atoms with Gasteiger partial charge >= 0.3 is 0 Å². The predicted octanol–water partition coefficient (Wildman–Crippen LogP) is 1.33. The van der Waals surface area contributed by atoms with Crippen LogP contribution >= 0.6 is 11.6 Å². The van der Waals surface area contributed by atoms with Crippen molar-refractivity contribution in [1.29, 1.82) is 0 Å². The summed E-state index contributed by atoms with van der Waals surface area (Å²) in [5.41, 5.74) is 7.09. The van der Waals surface area contributed by atoms with E-state index in [9.17, 15) is 4.79 Å². The molecule has 5 heteroatoms. The normalized spacial score (nSPS) is 20.8. The highest BCUT2D eigenvalue weighted by atomic mass is 35.5. The number of carbonyl (C=O) groups is 1. The van der Waals surface area contributed by atoms with Crippen molar-refractivity contribution in [3.8, 4) is 0 Å². The van der Waals surface area contributed by atoms with Crippen LogP contribution in [0, 0.1) is 0 Å². The molecule has 1 atom stereocenters. The number of rotatable bonds is 2. The number of morpholine rings is 1. The molecule has 0 bridgehead atoms. The van der Waals surface area contributed by atoms with E-state index in [4.69, 9.17) is 22.1 Å². The van der Waals surface area contributed by atoms with E-state index in [1.54, 1.807) is 12.1 Å². The highest BCUT2D eigenvalue weighted by molar-refractivity contribution is 6.33. The first-order chi connectivity index (χ1) is 7.72. The van der Waals surface area contributed by atoms with Crippen LogP contribution in [0.25, 0.3) is 0 Å². The lowest BCUT2D eigenvalue weighted by atomic mass is 10.2. The topological polar surface area (TPSA) is 55.6 Å². The molecular weight excluding hydrogens is 228 g/mol. The number of aldehydes is 1. The molecule has 0 aromatic heterocycles. The largest absolute Gasteiger partial charge is 0.398 e. The highest BCUT2D eigenvalue weighted by Gasteiger charge is 2.22. The van der Waals surface area contributed by atoms with Gasteiger partial charge in [-0.3, -0.25) is 0 Å². The van der Waals surface area contributed by atoms with Crippen LogP contribution in [0.2, 0.25) is 5.02 Å². The zero-order chi connectivity index (χ0) is 11.5. The van der Waals surface area contributed by atoms with Gasteiger partial charge in [0.2, 0.25) is 0 Å². The fraction of sp³-hybridized carbons (Fsp3) is 0.364. The second-order valence-electron chi connectivity index (χ2n) is 3.68. The molecule has 4 nitrogen and oxygen atoms in total. The first-order valence-electron chi connectivity index (χ1n) is 5.07. The van der Waals surface area contributed by atoms with Gasteiger partial charge in [0.05, 0.1) is 23.9 Å². The molecule has 1 saturated heterocycles. The summed E-state index contributed by atoms with van der Waals surface area (Å²) in [6.45, 7) is 1.72. The lowest BCUT2D eigenvalue weighted by molar-refractivity contribution is -0.111. The maximum Gasteiger partial charge on any atom is 0.144 e. The fourth-order valence-corrected chi connectivity index (χ4v) is 1.93. The van der Waals surface area contributed by atoms with Crippen LogP contribution in [-0.4, -0.2) is 32.1 Å². The van der Waals surface area contributed by atoms with Gasteiger partial charge in [0, 0.05) is 12.2 Å². The van der Waals surface area contributed by atoms with Gasteiger partial charge in [-0.2, -0.15) is 0 Å². The Morgan fingerprint density at radius 3 is 3.06 bits per heavy atom. The third-order valence-corrected chi connectivity index (χ3v) is 2.97. The van der Waals surface area contributed by atoms with E-state index in [1.807, 2.05) is 11.0 Å². The molecule has 16 heavy (non-hydrogen) atoms. The van der Waals surface area contributed by atoms with Gasteiger partial charge in [-0.05, 0) is 18.2 Å². The molecule has 1 heterocycles. The number of carbonyl (C=O) groups excluding carboxylic acids is 1. The maximum absolute atomic E-state index is 10.9. The van der Waals surface area contributed by atoms with Crippen molar-refractivity contribution < 1.29 is 9.53 Å². The number of hydrogen-bond acceptors (Lipinski definition) is 4. The van der Waals surface area contributed by atoms with Crippen molar-refractivity contribution in [3.63, 3.8) is 0 Å². The van der Waals surface area contributed by atoms with Gasteiger partial charge in [-0.25, -0.2) is 0 Å². The summed E-state index contributed by atoms with van der Waals surface area (Å²) in [5, 5.41) is 0.508. The van der Waals surface area contributed by atoms with Gasteiger partial charge in [0.25, 0.3) is 0 Å². The average Bonchev–Trinajstić information content (AvgIpc) is 2.32. The number of halogens is 1. The molecule has 86 valence electrons. The molecule has 0 spiro atoms. The zero-order valence-corrected chi connectivity index (χ0v) is 9.48. The maximum atomic E-state index is 10.9. The lowest BCUT2D eigenvalue weighted by Gasteiger charge is -2.34. The van der Waals surface area contributed by atoms with Gasteiger partial charge in [0.1, 0.15) is 12.3 Å². The first-order valence-corrected chi connectivity index (χ1v) is 5.45. The van der Waals surface area contributed by atoms with Gasteiger partial charge < -0.3 is 20.2 Å². The molecule has 0 radical (unpaired) electrons. The van der Waals surface area contributed by atoms with E-state index < -0.39 is 0 Å². The molecular formula is C11H13ClN2O2. The van der Waals surface area contributed by atoms with Crippen molar-refractivity contribution in [2.45, 2.75) is 6.04 Å². The van der Waals surface area contributed by atoms with Gasteiger partial charge in [-0.15, -0.1) is 0 Å². The quantitative estimate of drug-likeness (QED) is 0.626. The number of ether oxygens (including phenoxy) is 1. The molecule has 0 saturated carbocycles. The summed E-state index contributed by atoms with van der Waals surface area (Å²) in [4.78, 5) is 12.9. The van der Waals surface area contributed by atoms with Crippen LogP contribution in [0.1, 0.15) is 0 Å². The van der Waals surface area contributed by atoms with Crippen LogP contribution in [0.5, 0.6) is 0 Å². The second kappa shape index (κ2) is 4.72. The standard InChI is InChI=1S/C11H13ClN2O2/c12-10-5-8(1-2-11(10)13)14-3-4-16-7-9(14)6-15/h1-2,5-6,9H,3-4,7,13H2. The van der Waals surface area contributed by atoms with E-state index in [1.165, 1.54) is 0 Å². The van der Waals surface area contributed by atoms with Crippen molar-refractivity contribution >= 4 is 29.3 Å². The van der Waals surface area contributed by atoms with Crippen LogP contribution in [0.3, 0.4) is 0 Å². The molecule has 1 aromatic carbocycles. The Labute approximate surface area is 98.9 Å². The third-order valence-electron chi connectivity index (χ3n) is 2.64. The van der Waals surface area contributed by atoms with Crippen molar-refractivity contribution in [2.75, 3.05) is 30.4 Å². The van der Waals surface area contributed by atoms with Crippen LogP contribution in [0.4, 0.5) is 11.4 Å². The van der Waals surface area contributed by atoms with E-state index in [-0.39, 0.29) is 6.04 Å². The molecule has 1 unspecified atom stereocenters. The summed E-state index contributed by atoms with van der Waals surface area (Å²) in [5.74, 6) is 0. The minimum Gasteiger partial charge on any atom is -0.398 e. The summed E-state index contributed by atoms with van der Waals surface area (Å²) < 4.78 is 5.25. The van der Waals surface area contributed by atoms with Crippen LogP contribution in [-0.2, 0) is 9.53 Å². The summed E-state index contributed by atoms with van der Waals surface area (Å²) in [7, 11) is 0. The molecule has 1 aliphatic rings. The molecule has 0 amide bonds. The number of nitrogens with zero attached hydrogens (tertiary/aromatic N) is 1. The van der Waals surface area contributed by atoms with E-state index in [2.05, 4.69) is 0 Å². The molecule has 2 N–H and O–H groups in total. The van der Waals surface area contributed by atoms with Gasteiger partial charge in [-0.1, -0.05) is 11.6 Å². The zero-order valence-electron chi connectivity index (χ0n) is 8.73. The molecule has 1 aromatic rings. The van der Waals surface area contributed by atoms with Crippen LogP contribution in [0.15, 0.2) is 18.2 Å². The van der Waals surface area contributed by atoms with E-state index in [0.717, 1.165) is 12.0 Å². The minimum atomic E-state index is -0.242. The number of hydrogen-bond donors (Lipinski definition) is 1. The average molecular weight is 241 g/mol. The number of nitrogens with two attached hydrogens (primary N) is 1. The third kappa shape index (κ3) is 2.13. The molecule has 1 fully saturated rings. The number of anilines is 2. The van der Waals surface area contributed by atoms with Crippen molar-refractivity contribution in [3.05, 3.63) is 23.2 Å². The summed E-state index contributed by atoms with van der Waals surface area (Å²) >= 11 is 5.95. The van der Waals surface area contributed by atoms with Crippen molar-refractivity contribution in [1.82, 2.24) is 0 Å². The minimum absolute atomic E-state index is 0.242. The van der Waals surface area contributed by atoms with E-state index in [0.29, 0.717) is 30.5 Å². The Balaban J connectivity index is 2.27. The monoisotopic (exact) mass is 240 g/mol. The Morgan fingerprint density at radius 2 is 2.38 bits per heavy atom. The SMILES string of the molecule is Nc1ccc(N2CCOCC2C=O)cc1Cl. The highest BCUT2D eigenvalue weighted by Crippen LogP contribution is 2.27. The summed E-state index contributed by atoms with van der Waals surface area (Å²) in [6, 6.07) is 5.14. The van der Waals surface area contributed by atoms with Crippen molar-refractivity contribution in [2.24, 2.45) is 0 Å². The smallest absolute Gasteiger partial charge is 0.144 e. The van der Waals surface area contributed by atoms with Crippen LogP contribution < -0.4 is 10.6 Å². The first kappa shape index (κ1) is 11.2. The van der Waals surface area contributed by atoms with Gasteiger partial charge in [0.15, 0.2) is 0 Å². The molecule has 2 rings (SSSR count). The Kier molecular flexibility index (Phi) is 3.31. The Bertz CT molecular complexity index is 398. The number of benzene rings is 1. The Hall–Kier alpha value is -1.26. The predicted molar refractivity (Wildman–Crippen MR) is 63.9 cm³/mol. The molecule has 0 aliphatic carbocycles. The summed E-state index contributed by atoms with van der Waals surface area (Å²) in [6.07, 6.45) is 0.892. The van der Waals surface area contributed by atoms with E-state index >= 15 is 0 Å². The lowest BCUT2D eigenvalue weighted by Crippen LogP contribution is -2.46. The molecule has 1 aliphatic heterocycles.